The molecule has 3 aliphatic rings. The van der Waals surface area contributed by atoms with E-state index < -0.39 is 92.4 Å². The number of pyridine rings is 1. The monoisotopic (exact) mass is 930 g/mol. The number of fused-ring (bicyclic) bond motifs is 5. The van der Waals surface area contributed by atoms with Gasteiger partial charge in [-0.15, -0.1) is 0 Å². The zero-order chi connectivity index (χ0) is 45.8. The molecule has 14 nitrogen and oxygen atoms in total. The zero-order valence-electron chi connectivity index (χ0n) is 34.0. The number of para-hydroxylation sites is 1. The van der Waals surface area contributed by atoms with Crippen LogP contribution in [-0.4, -0.2) is 69.1 Å². The summed E-state index contributed by atoms with van der Waals surface area (Å²) in [5.74, 6) is -10.0. The molecule has 0 saturated carbocycles. The van der Waals surface area contributed by atoms with Crippen LogP contribution in [0.1, 0.15) is 59.9 Å². The van der Waals surface area contributed by atoms with Crippen LogP contribution in [0.25, 0.3) is 32.4 Å². The van der Waals surface area contributed by atoms with Crippen molar-refractivity contribution in [3.8, 4) is 11.1 Å². The summed E-state index contributed by atoms with van der Waals surface area (Å²) in [6, 6.07) is 7.93. The minimum atomic E-state index is -5.12. The molecule has 4 aromatic heterocycles. The molecule has 2 amide bonds. The Hall–Kier alpha value is -6.10. The predicted octanol–water partition coefficient (Wildman–Crippen LogP) is 6.68. The number of sulfonamides is 1. The summed E-state index contributed by atoms with van der Waals surface area (Å²) in [5.41, 5.74) is 3.01. The van der Waals surface area contributed by atoms with E-state index in [0.717, 1.165) is 24.5 Å². The lowest BCUT2D eigenvalue weighted by atomic mass is 9.80. The highest BCUT2D eigenvalue weighted by Gasteiger charge is 2.61. The second kappa shape index (κ2) is 15.0. The number of piperidine rings is 1. The summed E-state index contributed by atoms with van der Waals surface area (Å²) in [6.45, 7) is 1.55. The van der Waals surface area contributed by atoms with Gasteiger partial charge in [-0.05, 0) is 49.1 Å². The number of benzene rings is 2. The molecule has 6 aromatic rings. The second-order valence-corrected chi connectivity index (χ2v) is 19.4. The topological polar surface area (TPSA) is 183 Å². The molecule has 336 valence electrons. The maximum Gasteiger partial charge on any atom is 0.435 e. The molecule has 3 atom stereocenters. The number of hydrogen-bond donors (Lipinski definition) is 3. The van der Waals surface area contributed by atoms with Gasteiger partial charge in [0.1, 0.15) is 23.9 Å². The molecule has 4 N–H and O–H groups in total. The highest BCUT2D eigenvalue weighted by molar-refractivity contribution is 7.92. The molecule has 0 spiro atoms. The Morgan fingerprint density at radius 2 is 1.72 bits per heavy atom. The SMILES string of the molecule is Cn1nc(NS(C)(=O)=O)c2cccc(-c3cc4sc(N5CCC(C)(C(N)=O)CC5)nc4nc3C(Cc3cc(F)cc(F)c3)NC(=O)Cn3nc(C(F)(F)F)c4c3C(F)(F)[C@@H]3C=C[C@H]43)c21. The number of allylic oxidation sites excluding steroid dienone is 2. The van der Waals surface area contributed by atoms with Crippen molar-refractivity contribution in [3.63, 3.8) is 0 Å². The summed E-state index contributed by atoms with van der Waals surface area (Å²) in [7, 11) is -2.24. The van der Waals surface area contributed by atoms with Gasteiger partial charge in [-0.25, -0.2) is 22.2 Å². The first-order valence-corrected chi connectivity index (χ1v) is 22.5. The maximum absolute atomic E-state index is 15.7. The summed E-state index contributed by atoms with van der Waals surface area (Å²) >= 11 is 1.26. The molecular weight excluding hydrogens is 894 g/mol. The van der Waals surface area contributed by atoms with E-state index in [0.29, 0.717) is 68.5 Å². The predicted molar refractivity (Wildman–Crippen MR) is 222 cm³/mol. The maximum atomic E-state index is 15.7. The van der Waals surface area contributed by atoms with Gasteiger partial charge in [-0.3, -0.25) is 23.7 Å². The lowest BCUT2D eigenvalue weighted by Crippen LogP contribution is -2.45. The van der Waals surface area contributed by atoms with E-state index >= 15 is 8.78 Å². The fourth-order valence-electron chi connectivity index (χ4n) is 8.86. The van der Waals surface area contributed by atoms with Crippen molar-refractivity contribution in [1.29, 1.82) is 0 Å². The van der Waals surface area contributed by atoms with Gasteiger partial charge in [0, 0.05) is 59.6 Å². The molecule has 1 fully saturated rings. The number of anilines is 2. The number of aromatic nitrogens is 6. The molecule has 23 heteroatoms. The smallest absolute Gasteiger partial charge is 0.369 e. The number of primary amides is 1. The van der Waals surface area contributed by atoms with E-state index in [-0.39, 0.29) is 29.1 Å². The average molecular weight is 931 g/mol. The van der Waals surface area contributed by atoms with Crippen LogP contribution in [0.5, 0.6) is 0 Å². The Morgan fingerprint density at radius 3 is 2.34 bits per heavy atom. The van der Waals surface area contributed by atoms with E-state index in [4.69, 9.17) is 15.7 Å². The molecule has 9 rings (SSSR count). The Balaban J connectivity index is 1.19. The standard InChI is InChI=1S/C41H37F7N10O4S2/c1-39(37(49)60)9-11-57(12-10-39)38-52-36-28(63-38)17-25(22-5-4-6-24-32(22)56(2)54-35(24)55-64(3,61)62)31(51-36)27(15-19-13-20(42)16-21(43)14-19)50-29(59)18-58-34-30(33(53-58)41(46,47)48)23-7-8-26(23)40(34,44)45/h4-8,13-14,16-17,23,26-27H,9-12,15,18H2,1-3H3,(H2,49,60)(H,50,59)(H,54,55)/t23-,26+,27?/m0/s1. The Morgan fingerprint density at radius 1 is 1.02 bits per heavy atom. The third-order valence-electron chi connectivity index (χ3n) is 12.1. The average Bonchev–Trinajstić information content (AvgIpc) is 3.88. The molecule has 1 saturated heterocycles. The minimum absolute atomic E-state index is 0.00363. The van der Waals surface area contributed by atoms with E-state index in [2.05, 4.69) is 20.2 Å². The van der Waals surface area contributed by atoms with Crippen molar-refractivity contribution in [2.45, 2.75) is 56.8 Å². The van der Waals surface area contributed by atoms with Crippen LogP contribution in [0.3, 0.4) is 0 Å². The van der Waals surface area contributed by atoms with E-state index in [9.17, 15) is 40.0 Å². The number of nitrogens with zero attached hydrogens (tertiary/aromatic N) is 7. The van der Waals surface area contributed by atoms with Crippen molar-refractivity contribution in [2.24, 2.45) is 24.1 Å². The second-order valence-electron chi connectivity index (χ2n) is 16.6. The molecule has 0 bridgehead atoms. The van der Waals surface area contributed by atoms with Crippen LogP contribution >= 0.6 is 11.3 Å². The molecule has 1 unspecified atom stereocenters. The Kier molecular flexibility index (Phi) is 10.1. The van der Waals surface area contributed by atoms with Gasteiger partial charge >= 0.3 is 6.18 Å². The van der Waals surface area contributed by atoms with Crippen LogP contribution in [0.15, 0.2) is 54.6 Å². The normalized spacial score (nSPS) is 19.4. The zero-order valence-corrected chi connectivity index (χ0v) is 35.6. The Labute approximate surface area is 363 Å². The quantitative estimate of drug-likeness (QED) is 0.0944. The van der Waals surface area contributed by atoms with Gasteiger partial charge in [-0.1, -0.05) is 42.5 Å². The lowest BCUT2D eigenvalue weighted by molar-refractivity contribution is -0.142. The molecule has 0 radical (unpaired) electrons. The summed E-state index contributed by atoms with van der Waals surface area (Å²) < 4.78 is 133. The van der Waals surface area contributed by atoms with Crippen LogP contribution < -0.4 is 20.7 Å². The number of halogens is 7. The van der Waals surface area contributed by atoms with Gasteiger partial charge < -0.3 is 16.0 Å². The minimum Gasteiger partial charge on any atom is -0.369 e. The summed E-state index contributed by atoms with van der Waals surface area (Å²) in [6.07, 6.45) is -1.30. The van der Waals surface area contributed by atoms with Crippen LogP contribution in [-0.2, 0) is 51.7 Å². The van der Waals surface area contributed by atoms with Crippen molar-refractivity contribution < 1.29 is 48.7 Å². The first kappa shape index (κ1) is 43.2. The van der Waals surface area contributed by atoms with Crippen LogP contribution in [0, 0.1) is 23.0 Å². The first-order chi connectivity index (χ1) is 30.0. The fourth-order valence-corrected chi connectivity index (χ4v) is 10.4. The van der Waals surface area contributed by atoms with Gasteiger partial charge in [0.15, 0.2) is 22.3 Å². The molecule has 1 aliphatic heterocycles. The number of alkyl halides is 5. The van der Waals surface area contributed by atoms with Crippen molar-refractivity contribution in [1.82, 2.24) is 34.8 Å². The number of thiazole rings is 1. The van der Waals surface area contributed by atoms with Gasteiger partial charge in [0.25, 0.3) is 5.92 Å². The van der Waals surface area contributed by atoms with Crippen molar-refractivity contribution >= 4 is 65.4 Å². The van der Waals surface area contributed by atoms with Gasteiger partial charge in [0.2, 0.25) is 21.8 Å². The summed E-state index contributed by atoms with van der Waals surface area (Å²) in [5, 5.41) is 11.5. The lowest BCUT2D eigenvalue weighted by Gasteiger charge is -2.36. The highest BCUT2D eigenvalue weighted by atomic mass is 32.2. The molecule has 2 aromatic carbocycles. The van der Waals surface area contributed by atoms with Crippen molar-refractivity contribution in [2.75, 3.05) is 29.0 Å². The largest absolute Gasteiger partial charge is 0.435 e. The number of rotatable bonds is 11. The molecule has 2 aliphatic carbocycles. The van der Waals surface area contributed by atoms with Crippen LogP contribution in [0.4, 0.5) is 41.7 Å². The molecule has 64 heavy (non-hydrogen) atoms. The Bertz CT molecular complexity index is 3040. The number of carbonyl (C=O) groups is 2. The number of amides is 2. The van der Waals surface area contributed by atoms with Gasteiger partial charge in [-0.2, -0.15) is 37.1 Å². The van der Waals surface area contributed by atoms with Crippen LogP contribution in [0.2, 0.25) is 0 Å². The highest BCUT2D eigenvalue weighted by Crippen LogP contribution is 2.60. The number of hydrogen-bond acceptors (Lipinski definition) is 10. The first-order valence-electron chi connectivity index (χ1n) is 19.8. The van der Waals surface area contributed by atoms with Gasteiger partial charge in [0.05, 0.1) is 34.1 Å². The summed E-state index contributed by atoms with van der Waals surface area (Å²) in [4.78, 5) is 38.1. The van der Waals surface area contributed by atoms with E-state index in [1.807, 2.05) is 4.90 Å². The van der Waals surface area contributed by atoms with E-state index in [1.165, 1.54) is 22.1 Å². The third kappa shape index (κ3) is 7.50. The third-order valence-corrected chi connectivity index (χ3v) is 13.7. The fraction of sp³-hybridized carbons (Fsp3) is 0.366. The number of nitrogens with two attached hydrogens (primary N) is 1. The number of carbonyl (C=O) groups excluding carboxylic acids is 2. The molecule has 5 heterocycles. The number of aryl methyl sites for hydroxylation is 1. The molecular formula is C41H37F7N10O4S2. The number of nitrogens with one attached hydrogen (secondary N) is 2. The van der Waals surface area contributed by atoms with E-state index in [1.54, 1.807) is 38.2 Å². The van der Waals surface area contributed by atoms with Crippen molar-refractivity contribution in [3.05, 3.63) is 94.5 Å².